The van der Waals surface area contributed by atoms with E-state index in [1.807, 2.05) is 6.26 Å². The van der Waals surface area contributed by atoms with Crippen LogP contribution in [0.4, 0.5) is 8.78 Å². The summed E-state index contributed by atoms with van der Waals surface area (Å²) < 4.78 is 25.6. The van der Waals surface area contributed by atoms with Gasteiger partial charge in [0.2, 0.25) is 5.91 Å². The second kappa shape index (κ2) is 5.84. The van der Waals surface area contributed by atoms with Crippen molar-refractivity contribution in [3.8, 4) is 0 Å². The number of nitrogens with one attached hydrogen (secondary N) is 1. The van der Waals surface area contributed by atoms with Crippen molar-refractivity contribution in [1.29, 1.82) is 0 Å². The predicted octanol–water partition coefficient (Wildman–Crippen LogP) is 2.51. The Hall–Kier alpha value is -1.10. The molecule has 0 fully saturated rings. The van der Waals surface area contributed by atoms with Gasteiger partial charge in [-0.05, 0) is 30.9 Å². The summed E-state index contributed by atoms with van der Waals surface area (Å²) >= 11 is 1.41. The van der Waals surface area contributed by atoms with Gasteiger partial charge in [-0.1, -0.05) is 6.07 Å². The minimum atomic E-state index is -0.900. The fourth-order valence-electron chi connectivity index (χ4n) is 1.28. The first-order valence-corrected chi connectivity index (χ1v) is 6.17. The lowest BCUT2D eigenvalue weighted by Crippen LogP contribution is -2.28. The summed E-state index contributed by atoms with van der Waals surface area (Å²) in [6, 6.07) is 3.29. The van der Waals surface area contributed by atoms with Crippen LogP contribution in [0.5, 0.6) is 0 Å². The molecule has 1 amide bonds. The van der Waals surface area contributed by atoms with Gasteiger partial charge in [-0.2, -0.15) is 11.8 Å². The summed E-state index contributed by atoms with van der Waals surface area (Å²) in [6.45, 7) is 1.73. The summed E-state index contributed by atoms with van der Waals surface area (Å²) in [5.41, 5.74) is 0.549. The van der Waals surface area contributed by atoms with Crippen molar-refractivity contribution in [1.82, 2.24) is 5.32 Å². The second-order valence-corrected chi connectivity index (χ2v) is 4.26. The van der Waals surface area contributed by atoms with Crippen molar-refractivity contribution < 1.29 is 13.6 Å². The monoisotopic (exact) mass is 245 g/mol. The maximum Gasteiger partial charge on any atom is 0.230 e. The third-order valence-electron chi connectivity index (χ3n) is 2.10. The molecule has 1 unspecified atom stereocenters. The van der Waals surface area contributed by atoms with Gasteiger partial charge in [0.05, 0.1) is 11.8 Å². The zero-order valence-electron chi connectivity index (χ0n) is 9.09. The summed E-state index contributed by atoms with van der Waals surface area (Å²) in [5.74, 6) is -1.55. The van der Waals surface area contributed by atoms with Crippen LogP contribution in [-0.4, -0.2) is 17.9 Å². The van der Waals surface area contributed by atoms with Crippen LogP contribution in [0.15, 0.2) is 18.2 Å². The Morgan fingerprint density at radius 1 is 1.44 bits per heavy atom. The largest absolute Gasteiger partial charge is 0.349 e. The van der Waals surface area contributed by atoms with Gasteiger partial charge >= 0.3 is 0 Å². The molecule has 16 heavy (non-hydrogen) atoms. The molecule has 0 aliphatic carbocycles. The van der Waals surface area contributed by atoms with Gasteiger partial charge in [0, 0.05) is 0 Å². The lowest BCUT2D eigenvalue weighted by molar-refractivity contribution is -0.119. The highest BCUT2D eigenvalue weighted by Crippen LogP contribution is 2.15. The third kappa shape index (κ3) is 3.48. The van der Waals surface area contributed by atoms with E-state index >= 15 is 0 Å². The SMILES string of the molecule is CSCC(=O)NC(C)c1ccc(F)c(F)c1. The summed E-state index contributed by atoms with van der Waals surface area (Å²) in [7, 11) is 0. The van der Waals surface area contributed by atoms with Gasteiger partial charge in [0.1, 0.15) is 0 Å². The van der Waals surface area contributed by atoms with Gasteiger partial charge < -0.3 is 5.32 Å². The van der Waals surface area contributed by atoms with Crippen LogP contribution in [-0.2, 0) is 4.79 Å². The molecule has 88 valence electrons. The summed E-state index contributed by atoms with van der Waals surface area (Å²) in [6.07, 6.45) is 1.82. The molecule has 0 radical (unpaired) electrons. The topological polar surface area (TPSA) is 29.1 Å². The number of benzene rings is 1. The first-order valence-electron chi connectivity index (χ1n) is 4.78. The Morgan fingerprint density at radius 2 is 2.12 bits per heavy atom. The molecular formula is C11H13F2NOS. The van der Waals surface area contributed by atoms with Crippen LogP contribution in [0.1, 0.15) is 18.5 Å². The highest BCUT2D eigenvalue weighted by atomic mass is 32.2. The molecule has 0 aromatic heterocycles. The van der Waals surface area contributed by atoms with Crippen molar-refractivity contribution >= 4 is 17.7 Å². The number of halogens is 2. The molecule has 0 bridgehead atoms. The lowest BCUT2D eigenvalue weighted by Gasteiger charge is -2.14. The van der Waals surface area contributed by atoms with Crippen molar-refractivity contribution in [3.05, 3.63) is 35.4 Å². The minimum Gasteiger partial charge on any atom is -0.349 e. The van der Waals surface area contributed by atoms with E-state index in [-0.39, 0.29) is 11.9 Å². The van der Waals surface area contributed by atoms with E-state index in [4.69, 9.17) is 0 Å². The van der Waals surface area contributed by atoms with Crippen molar-refractivity contribution in [2.45, 2.75) is 13.0 Å². The molecule has 1 aromatic carbocycles. The van der Waals surface area contributed by atoms with Crippen LogP contribution in [0.3, 0.4) is 0 Å². The van der Waals surface area contributed by atoms with Crippen LogP contribution in [0, 0.1) is 11.6 Å². The van der Waals surface area contributed by atoms with E-state index in [1.54, 1.807) is 6.92 Å². The fraction of sp³-hybridized carbons (Fsp3) is 0.364. The van der Waals surface area contributed by atoms with Gasteiger partial charge in [0.15, 0.2) is 11.6 Å². The van der Waals surface area contributed by atoms with Crippen LogP contribution < -0.4 is 5.32 Å². The third-order valence-corrected chi connectivity index (χ3v) is 2.65. The molecule has 0 saturated carbocycles. The molecule has 0 heterocycles. The van der Waals surface area contributed by atoms with E-state index in [0.717, 1.165) is 12.1 Å². The Bertz CT molecular complexity index is 384. The Morgan fingerprint density at radius 3 is 2.69 bits per heavy atom. The fourth-order valence-corrected chi connectivity index (χ4v) is 1.62. The lowest BCUT2D eigenvalue weighted by atomic mass is 10.1. The van der Waals surface area contributed by atoms with Gasteiger partial charge in [-0.15, -0.1) is 0 Å². The van der Waals surface area contributed by atoms with Crippen LogP contribution in [0.2, 0.25) is 0 Å². The van der Waals surface area contributed by atoms with E-state index in [9.17, 15) is 13.6 Å². The molecule has 1 rings (SSSR count). The average molecular weight is 245 g/mol. The Kier molecular flexibility index (Phi) is 4.73. The second-order valence-electron chi connectivity index (χ2n) is 3.40. The highest BCUT2D eigenvalue weighted by molar-refractivity contribution is 7.99. The molecule has 0 saturated heterocycles. The number of carbonyl (C=O) groups excluding carboxylic acids is 1. The smallest absolute Gasteiger partial charge is 0.230 e. The number of hydrogen-bond acceptors (Lipinski definition) is 2. The molecule has 2 nitrogen and oxygen atoms in total. The van der Waals surface area contributed by atoms with Gasteiger partial charge in [-0.3, -0.25) is 4.79 Å². The van der Waals surface area contributed by atoms with Gasteiger partial charge in [0.25, 0.3) is 0 Å². The van der Waals surface area contributed by atoms with Crippen molar-refractivity contribution in [3.63, 3.8) is 0 Å². The molecule has 0 aliphatic heterocycles. The molecule has 0 aliphatic rings. The molecular weight excluding hydrogens is 232 g/mol. The zero-order chi connectivity index (χ0) is 12.1. The maximum absolute atomic E-state index is 12.9. The Labute approximate surface area is 97.4 Å². The van der Waals surface area contributed by atoms with E-state index in [0.29, 0.717) is 11.3 Å². The zero-order valence-corrected chi connectivity index (χ0v) is 9.91. The maximum atomic E-state index is 12.9. The molecule has 1 atom stereocenters. The molecule has 5 heteroatoms. The summed E-state index contributed by atoms with van der Waals surface area (Å²) in [5, 5.41) is 2.69. The molecule has 0 spiro atoms. The summed E-state index contributed by atoms with van der Waals surface area (Å²) in [4.78, 5) is 11.3. The quantitative estimate of drug-likeness (QED) is 0.883. The average Bonchev–Trinajstić information content (AvgIpc) is 2.22. The molecule has 1 aromatic rings. The standard InChI is InChI=1S/C11H13F2NOS/c1-7(14-11(15)6-16-2)8-3-4-9(12)10(13)5-8/h3-5,7H,6H2,1-2H3,(H,14,15). The minimum absolute atomic E-state index is 0.121. The number of rotatable bonds is 4. The van der Waals surface area contributed by atoms with Crippen molar-refractivity contribution in [2.75, 3.05) is 12.0 Å². The molecule has 1 N–H and O–H groups in total. The first-order chi connectivity index (χ1) is 7.54. The Balaban J connectivity index is 2.69. The van der Waals surface area contributed by atoms with Crippen LogP contribution in [0.25, 0.3) is 0 Å². The highest BCUT2D eigenvalue weighted by Gasteiger charge is 2.11. The van der Waals surface area contributed by atoms with Crippen molar-refractivity contribution in [2.24, 2.45) is 0 Å². The van der Waals surface area contributed by atoms with E-state index in [1.165, 1.54) is 17.8 Å². The number of thioether (sulfide) groups is 1. The van der Waals surface area contributed by atoms with E-state index in [2.05, 4.69) is 5.32 Å². The first kappa shape index (κ1) is 13.0. The number of carbonyl (C=O) groups is 1. The normalized spacial score (nSPS) is 12.2. The van der Waals surface area contributed by atoms with Crippen LogP contribution >= 0.6 is 11.8 Å². The number of amides is 1. The van der Waals surface area contributed by atoms with Gasteiger partial charge in [-0.25, -0.2) is 8.78 Å². The predicted molar refractivity (Wildman–Crippen MR) is 61.3 cm³/mol. The van der Waals surface area contributed by atoms with E-state index < -0.39 is 11.6 Å². The number of hydrogen-bond donors (Lipinski definition) is 1.